The number of nitrogens with one attached hydrogen (secondary N) is 1. The SMILES string of the molecule is COc1cccc(OC)c1-c1cc(C(=O)NC2(C(=O)O)C3CC4CC(C3)CC2C4)nn1-c1ccc(C(=O)N(C)CCCN(C)C)cc1C(C)C.O=C(O)C=CC(=O)O. The van der Waals surface area contributed by atoms with Crippen LogP contribution in [0.2, 0.25) is 0 Å². The molecule has 0 radical (unpaired) electrons. The Morgan fingerprint density at radius 3 is 1.91 bits per heavy atom. The smallest absolute Gasteiger partial charge is 0.330 e. The normalized spacial score (nSPS) is 21.7. The van der Waals surface area contributed by atoms with Crippen molar-refractivity contribution in [3.63, 3.8) is 0 Å². The van der Waals surface area contributed by atoms with E-state index >= 15 is 0 Å². The first-order chi connectivity index (χ1) is 27.5. The second kappa shape index (κ2) is 18.3. The molecule has 0 saturated heterocycles. The van der Waals surface area contributed by atoms with Crippen molar-refractivity contribution in [2.24, 2.45) is 23.7 Å². The molecule has 0 unspecified atom stereocenters. The highest BCUT2D eigenvalue weighted by atomic mass is 16.5. The summed E-state index contributed by atoms with van der Waals surface area (Å²) >= 11 is 0. The van der Waals surface area contributed by atoms with E-state index in [9.17, 15) is 29.1 Å². The summed E-state index contributed by atoms with van der Waals surface area (Å²) in [4.78, 5) is 63.9. The molecule has 0 aliphatic heterocycles. The predicted octanol–water partition coefficient (Wildman–Crippen LogP) is 5.42. The van der Waals surface area contributed by atoms with Gasteiger partial charge in [-0.1, -0.05) is 19.9 Å². The van der Waals surface area contributed by atoms with Crippen LogP contribution < -0.4 is 14.8 Å². The van der Waals surface area contributed by atoms with Gasteiger partial charge in [0.15, 0.2) is 5.69 Å². The van der Waals surface area contributed by atoms with Gasteiger partial charge in [0.1, 0.15) is 17.0 Å². The van der Waals surface area contributed by atoms with Crippen LogP contribution in [0.5, 0.6) is 11.5 Å². The summed E-state index contributed by atoms with van der Waals surface area (Å²) in [6.07, 6.45) is 6.44. The monoisotopic (exact) mass is 801 g/mol. The third-order valence-corrected chi connectivity index (χ3v) is 11.7. The molecule has 4 aliphatic carbocycles. The number of nitrogens with zero attached hydrogens (tertiary/aromatic N) is 4. The molecule has 7 rings (SSSR count). The molecule has 2 aromatic carbocycles. The third kappa shape index (κ3) is 9.20. The highest BCUT2D eigenvalue weighted by Crippen LogP contribution is 2.58. The highest BCUT2D eigenvalue weighted by molar-refractivity contribution is 5.98. The summed E-state index contributed by atoms with van der Waals surface area (Å²) in [5.41, 5.74) is 2.04. The Hall–Kier alpha value is -5.70. The van der Waals surface area contributed by atoms with Crippen molar-refractivity contribution in [2.45, 2.75) is 63.8 Å². The Bertz CT molecular complexity index is 1990. The molecule has 4 bridgehead atoms. The van der Waals surface area contributed by atoms with Crippen LogP contribution in [0, 0.1) is 23.7 Å². The largest absolute Gasteiger partial charge is 0.496 e. The van der Waals surface area contributed by atoms with Crippen molar-refractivity contribution in [3.8, 4) is 28.4 Å². The van der Waals surface area contributed by atoms with Crippen LogP contribution in [0.4, 0.5) is 0 Å². The zero-order valence-electron chi connectivity index (χ0n) is 34.2. The number of methoxy groups -OCH3 is 2. The molecule has 4 N–H and O–H groups in total. The molecular formula is C43H55N5O10. The van der Waals surface area contributed by atoms with E-state index in [-0.39, 0.29) is 29.4 Å². The number of aliphatic carboxylic acids is 3. The summed E-state index contributed by atoms with van der Waals surface area (Å²) in [5.74, 6) is -2.15. The fourth-order valence-electron chi connectivity index (χ4n) is 9.18. The molecule has 15 nitrogen and oxygen atoms in total. The number of rotatable bonds is 15. The summed E-state index contributed by atoms with van der Waals surface area (Å²) in [6, 6.07) is 12.7. The van der Waals surface area contributed by atoms with Crippen molar-refractivity contribution in [3.05, 3.63) is 71.4 Å². The van der Waals surface area contributed by atoms with E-state index < -0.39 is 29.4 Å². The van der Waals surface area contributed by atoms with Crippen molar-refractivity contribution in [1.29, 1.82) is 0 Å². The van der Waals surface area contributed by atoms with Crippen LogP contribution in [0.25, 0.3) is 16.9 Å². The zero-order chi connectivity index (χ0) is 42.5. The predicted molar refractivity (Wildman–Crippen MR) is 216 cm³/mol. The molecule has 312 valence electrons. The average molecular weight is 802 g/mol. The summed E-state index contributed by atoms with van der Waals surface area (Å²) < 4.78 is 13.3. The van der Waals surface area contributed by atoms with Gasteiger partial charge in [0.2, 0.25) is 0 Å². The van der Waals surface area contributed by atoms with E-state index in [1.54, 1.807) is 35.9 Å². The fraction of sp³-hybridized carbons (Fsp3) is 0.488. The van der Waals surface area contributed by atoms with Crippen LogP contribution in [0.15, 0.2) is 54.6 Å². The van der Waals surface area contributed by atoms with Crippen molar-refractivity contribution >= 4 is 29.7 Å². The summed E-state index contributed by atoms with van der Waals surface area (Å²) in [6.45, 7) is 5.62. The third-order valence-electron chi connectivity index (χ3n) is 11.7. The molecule has 4 saturated carbocycles. The number of aromatic nitrogens is 2. The van der Waals surface area contributed by atoms with E-state index in [1.165, 1.54) is 6.42 Å². The van der Waals surface area contributed by atoms with Gasteiger partial charge in [0.25, 0.3) is 11.8 Å². The Morgan fingerprint density at radius 1 is 0.862 bits per heavy atom. The maximum Gasteiger partial charge on any atom is 0.330 e. The molecule has 2 amide bonds. The molecular weight excluding hydrogens is 746 g/mol. The Kier molecular flexibility index (Phi) is 13.7. The average Bonchev–Trinajstić information content (AvgIpc) is 3.62. The number of ether oxygens (including phenoxy) is 2. The number of carboxylic acids is 3. The van der Waals surface area contributed by atoms with E-state index in [0.29, 0.717) is 64.5 Å². The Balaban J connectivity index is 0.000000725. The van der Waals surface area contributed by atoms with Crippen molar-refractivity contribution < 1.29 is 48.8 Å². The van der Waals surface area contributed by atoms with Crippen LogP contribution in [-0.4, -0.2) is 119 Å². The van der Waals surface area contributed by atoms with E-state index in [1.807, 2.05) is 51.5 Å². The minimum Gasteiger partial charge on any atom is -0.496 e. The van der Waals surface area contributed by atoms with Crippen molar-refractivity contribution in [2.75, 3.05) is 48.5 Å². The molecule has 1 heterocycles. The minimum absolute atomic E-state index is 0.00554. The number of amides is 2. The van der Waals surface area contributed by atoms with E-state index in [4.69, 9.17) is 24.8 Å². The number of carbonyl (C=O) groups excluding carboxylic acids is 2. The van der Waals surface area contributed by atoms with Gasteiger partial charge >= 0.3 is 17.9 Å². The number of benzene rings is 2. The van der Waals surface area contributed by atoms with Gasteiger partial charge < -0.3 is 39.9 Å². The lowest BCUT2D eigenvalue weighted by atomic mass is 9.48. The van der Waals surface area contributed by atoms with Crippen LogP contribution in [-0.2, 0) is 14.4 Å². The van der Waals surface area contributed by atoms with E-state index in [0.717, 1.165) is 44.2 Å². The standard InChI is InChI=1S/C39H51N5O6.C4H4O4/c1-23(2)29-21-26(37(46)43(5)15-9-14-42(3)4)12-13-31(29)44-32(35-33(49-6)10-8-11-34(35)50-7)22-30(41-44)36(45)40-39(38(47)48)27-17-24-16-25(19-27)20-28(39)18-24;5-3(6)1-2-4(7)8/h8,10-13,21-25,27-28H,9,14-20H2,1-7H3,(H,40,45)(H,47,48);1-2H,(H,5,6)(H,7,8). The van der Waals surface area contributed by atoms with Crippen LogP contribution >= 0.6 is 0 Å². The second-order valence-corrected chi connectivity index (χ2v) is 16.1. The molecule has 0 spiro atoms. The summed E-state index contributed by atoms with van der Waals surface area (Å²) in [5, 5.41) is 34.3. The Morgan fingerprint density at radius 2 is 1.43 bits per heavy atom. The lowest BCUT2D eigenvalue weighted by Gasteiger charge is -2.59. The van der Waals surface area contributed by atoms with Crippen LogP contribution in [0.1, 0.15) is 84.7 Å². The van der Waals surface area contributed by atoms with Gasteiger partial charge in [-0.3, -0.25) is 9.59 Å². The lowest BCUT2D eigenvalue weighted by molar-refractivity contribution is -0.163. The van der Waals surface area contributed by atoms with Gasteiger partial charge in [0, 0.05) is 31.3 Å². The fourth-order valence-corrected chi connectivity index (χ4v) is 9.18. The van der Waals surface area contributed by atoms with Gasteiger partial charge in [-0.05, 0) is 131 Å². The number of carbonyl (C=O) groups is 5. The van der Waals surface area contributed by atoms with Gasteiger partial charge in [-0.2, -0.15) is 5.10 Å². The van der Waals surface area contributed by atoms with Gasteiger partial charge in [-0.15, -0.1) is 0 Å². The maximum atomic E-state index is 14.3. The van der Waals surface area contributed by atoms with E-state index in [2.05, 4.69) is 24.1 Å². The molecule has 1 aromatic heterocycles. The molecule has 4 fully saturated rings. The maximum absolute atomic E-state index is 14.3. The number of hydrogen-bond donors (Lipinski definition) is 4. The van der Waals surface area contributed by atoms with Crippen molar-refractivity contribution in [1.82, 2.24) is 24.9 Å². The first-order valence-corrected chi connectivity index (χ1v) is 19.6. The highest BCUT2D eigenvalue weighted by Gasteiger charge is 2.62. The first-order valence-electron chi connectivity index (χ1n) is 19.6. The first kappa shape index (κ1) is 43.4. The topological polar surface area (TPSA) is 201 Å². The van der Waals surface area contributed by atoms with Gasteiger partial charge in [0.05, 0.1) is 31.2 Å². The lowest BCUT2D eigenvalue weighted by Crippen LogP contribution is -2.70. The molecule has 0 atom stereocenters. The number of carboxylic acid groups (broad SMARTS) is 3. The molecule has 15 heteroatoms. The minimum atomic E-state index is -1.32. The van der Waals surface area contributed by atoms with Crippen LogP contribution in [0.3, 0.4) is 0 Å². The molecule has 3 aromatic rings. The molecule has 4 aliphatic rings. The Labute approximate surface area is 338 Å². The zero-order valence-corrected chi connectivity index (χ0v) is 34.2. The second-order valence-electron chi connectivity index (χ2n) is 16.1. The number of hydrogen-bond acceptors (Lipinski definition) is 9. The molecule has 58 heavy (non-hydrogen) atoms. The van der Waals surface area contributed by atoms with Gasteiger partial charge in [-0.25, -0.2) is 19.1 Å². The quantitative estimate of drug-likeness (QED) is 0.142. The summed E-state index contributed by atoms with van der Waals surface area (Å²) in [7, 11) is 9.00.